The molecule has 0 radical (unpaired) electrons. The van der Waals surface area contributed by atoms with Gasteiger partial charge in [-0.1, -0.05) is 93.3 Å². The van der Waals surface area contributed by atoms with Crippen molar-refractivity contribution in [2.45, 2.75) is 56.8 Å². The van der Waals surface area contributed by atoms with E-state index < -0.39 is 13.9 Å². The maximum absolute atomic E-state index is 12.7. The number of nitrogens with zero attached hydrogens (tertiary/aromatic N) is 1. The van der Waals surface area contributed by atoms with Gasteiger partial charge in [0.15, 0.2) is 8.32 Å². The van der Waals surface area contributed by atoms with E-state index in [-0.39, 0.29) is 21.8 Å². The predicted molar refractivity (Wildman–Crippen MR) is 131 cm³/mol. The van der Waals surface area contributed by atoms with E-state index in [1.807, 2.05) is 42.5 Å². The molecule has 166 valence electrons. The van der Waals surface area contributed by atoms with Gasteiger partial charge in [-0.15, -0.1) is 0 Å². The quantitative estimate of drug-likeness (QED) is 0.178. The normalized spacial score (nSPS) is 24.1. The minimum atomic E-state index is -1.90. The second-order valence-electron chi connectivity index (χ2n) is 10.5. The Labute approximate surface area is 192 Å². The van der Waals surface area contributed by atoms with E-state index >= 15 is 0 Å². The Kier molecular flexibility index (Phi) is 5.43. The highest BCUT2D eigenvalue weighted by atomic mass is 28.4. The van der Waals surface area contributed by atoms with E-state index in [9.17, 15) is 10.1 Å². The van der Waals surface area contributed by atoms with Crippen molar-refractivity contribution in [3.05, 3.63) is 81.9 Å². The lowest BCUT2D eigenvalue weighted by molar-refractivity contribution is -0.581. The lowest BCUT2D eigenvalue weighted by atomic mass is 9.66. The molecule has 1 saturated carbocycles. The Balaban J connectivity index is 1.77. The second-order valence-corrected chi connectivity index (χ2v) is 15.3. The highest BCUT2D eigenvalue weighted by Crippen LogP contribution is 2.62. The molecule has 2 aliphatic carbocycles. The number of rotatable bonds is 3. The summed E-state index contributed by atoms with van der Waals surface area (Å²) in [6.07, 6.45) is 0.304. The summed E-state index contributed by atoms with van der Waals surface area (Å²) in [4.78, 5) is 12.6. The molecule has 0 spiro atoms. The Morgan fingerprint density at radius 1 is 1.16 bits per heavy atom. The molecular formula is C27H31NO3Si. The second kappa shape index (κ2) is 7.72. The van der Waals surface area contributed by atoms with Crippen LogP contribution in [0.25, 0.3) is 11.1 Å². The van der Waals surface area contributed by atoms with Gasteiger partial charge in [-0.05, 0) is 34.8 Å². The summed E-state index contributed by atoms with van der Waals surface area (Å²) < 4.78 is 6.23. The van der Waals surface area contributed by atoms with E-state index in [1.54, 1.807) is 0 Å². The fraction of sp³-hybridized carbons (Fsp3) is 0.407. The molecule has 0 aromatic heterocycles. The molecule has 0 N–H and O–H groups in total. The third kappa shape index (κ3) is 3.34. The van der Waals surface area contributed by atoms with E-state index in [2.05, 4.69) is 58.4 Å². The van der Waals surface area contributed by atoms with Crippen LogP contribution in [-0.2, 0) is 9.96 Å². The van der Waals surface area contributed by atoms with Gasteiger partial charge in [0.25, 0.3) is 5.54 Å². The third-order valence-corrected chi connectivity index (χ3v) is 12.1. The molecule has 5 heteroatoms. The number of hydrogen-bond acceptors (Lipinski definition) is 3. The van der Waals surface area contributed by atoms with Crippen LogP contribution in [0.15, 0.2) is 60.7 Å². The molecule has 4 nitrogen and oxygen atoms in total. The van der Waals surface area contributed by atoms with Gasteiger partial charge >= 0.3 is 0 Å². The van der Waals surface area contributed by atoms with Gasteiger partial charge in [-0.2, -0.15) is 0 Å². The molecule has 32 heavy (non-hydrogen) atoms. The zero-order valence-corrected chi connectivity index (χ0v) is 20.6. The summed E-state index contributed by atoms with van der Waals surface area (Å²) in [5.74, 6) is 5.91. The van der Waals surface area contributed by atoms with Gasteiger partial charge in [0, 0.05) is 16.9 Å². The van der Waals surface area contributed by atoms with Crippen molar-refractivity contribution in [1.29, 1.82) is 0 Å². The number of fused-ring (bicyclic) bond motifs is 6. The fourth-order valence-corrected chi connectivity index (χ4v) is 5.80. The predicted octanol–water partition coefficient (Wildman–Crippen LogP) is 6.52. The molecule has 2 aliphatic rings. The van der Waals surface area contributed by atoms with Crippen molar-refractivity contribution in [3.63, 3.8) is 0 Å². The Morgan fingerprint density at radius 3 is 2.44 bits per heavy atom. The zero-order valence-electron chi connectivity index (χ0n) is 19.6. The summed E-state index contributed by atoms with van der Waals surface area (Å²) in [5.41, 5.74) is 3.37. The first-order chi connectivity index (χ1) is 15.0. The van der Waals surface area contributed by atoms with Gasteiger partial charge in [0.2, 0.25) is 0 Å². The van der Waals surface area contributed by atoms with Crippen LogP contribution in [0.5, 0.6) is 0 Å². The lowest BCUT2D eigenvalue weighted by Gasteiger charge is -2.36. The number of benzene rings is 2. The maximum Gasteiger partial charge on any atom is 0.259 e. The van der Waals surface area contributed by atoms with Crippen LogP contribution in [0.2, 0.25) is 18.1 Å². The highest BCUT2D eigenvalue weighted by Gasteiger charge is 2.64. The monoisotopic (exact) mass is 445 g/mol. The van der Waals surface area contributed by atoms with Crippen LogP contribution in [0.4, 0.5) is 0 Å². The van der Waals surface area contributed by atoms with Crippen molar-refractivity contribution < 1.29 is 9.35 Å². The molecule has 1 fully saturated rings. The SMILES string of the molecule is C=C1C[C@@]2([N+](=O)[O-])c3ccccc3-c3ccccc3[C@H]2[C@@H]1C#CCO[Si](C)(C)C(C)(C)C. The summed E-state index contributed by atoms with van der Waals surface area (Å²) in [5, 5.41) is 12.8. The van der Waals surface area contributed by atoms with E-state index in [0.29, 0.717) is 13.0 Å². The first-order valence-corrected chi connectivity index (χ1v) is 14.0. The van der Waals surface area contributed by atoms with Gasteiger partial charge in [0.1, 0.15) is 0 Å². The summed E-state index contributed by atoms with van der Waals surface area (Å²) >= 11 is 0. The topological polar surface area (TPSA) is 52.4 Å². The minimum absolute atomic E-state index is 0.0918. The van der Waals surface area contributed by atoms with Gasteiger partial charge in [0.05, 0.1) is 18.4 Å². The average Bonchev–Trinajstić information content (AvgIpc) is 3.04. The maximum atomic E-state index is 12.7. The van der Waals surface area contributed by atoms with E-state index in [1.165, 1.54) is 0 Å². The smallest absolute Gasteiger partial charge is 0.259 e. The molecule has 0 unspecified atom stereocenters. The van der Waals surface area contributed by atoms with Crippen LogP contribution >= 0.6 is 0 Å². The molecule has 0 amide bonds. The molecule has 0 bridgehead atoms. The van der Waals surface area contributed by atoms with Gasteiger partial charge in [-0.3, -0.25) is 10.1 Å². The Morgan fingerprint density at radius 2 is 1.78 bits per heavy atom. The average molecular weight is 446 g/mol. The first kappa shape index (κ1) is 22.5. The van der Waals surface area contributed by atoms with Crippen LogP contribution in [0.1, 0.15) is 44.2 Å². The largest absolute Gasteiger partial charge is 0.406 e. The number of hydrogen-bond donors (Lipinski definition) is 0. The Bertz CT molecular complexity index is 1150. The van der Waals surface area contributed by atoms with Crippen molar-refractivity contribution in [3.8, 4) is 23.0 Å². The molecule has 4 rings (SSSR count). The van der Waals surface area contributed by atoms with Crippen LogP contribution in [0, 0.1) is 27.9 Å². The standard InChI is InChI=1S/C27H31NO3Si/c1-19-18-27(28(29)30)24-16-10-9-13-22(24)21-12-7-8-14-23(21)25(27)20(19)15-11-17-31-32(5,6)26(2,3)4/h7-10,12-14,16,20,25H,1,17-18H2,2-6H3/t20-,25-,27-/m1/s1. The summed E-state index contributed by atoms with van der Waals surface area (Å²) in [6.45, 7) is 15.6. The summed E-state index contributed by atoms with van der Waals surface area (Å²) in [7, 11) is -1.90. The first-order valence-electron chi connectivity index (χ1n) is 11.1. The van der Waals surface area contributed by atoms with Crippen LogP contribution in [0.3, 0.4) is 0 Å². The van der Waals surface area contributed by atoms with Crippen molar-refractivity contribution in [1.82, 2.24) is 0 Å². The molecule has 0 saturated heterocycles. The molecule has 0 aliphatic heterocycles. The van der Waals surface area contributed by atoms with Gasteiger partial charge < -0.3 is 4.43 Å². The zero-order chi connectivity index (χ0) is 23.3. The third-order valence-electron chi connectivity index (χ3n) is 7.66. The van der Waals surface area contributed by atoms with Crippen molar-refractivity contribution in [2.24, 2.45) is 5.92 Å². The van der Waals surface area contributed by atoms with Crippen molar-refractivity contribution in [2.75, 3.05) is 6.61 Å². The molecule has 0 heterocycles. The molecule has 2 aromatic rings. The molecular weight excluding hydrogens is 414 g/mol. The van der Waals surface area contributed by atoms with E-state index in [4.69, 9.17) is 4.43 Å². The van der Waals surface area contributed by atoms with Crippen LogP contribution in [-0.4, -0.2) is 19.8 Å². The van der Waals surface area contributed by atoms with E-state index in [0.717, 1.165) is 27.8 Å². The fourth-order valence-electron chi connectivity index (χ4n) is 4.93. The van der Waals surface area contributed by atoms with Crippen molar-refractivity contribution >= 4 is 8.32 Å². The molecule has 2 aromatic carbocycles. The highest BCUT2D eigenvalue weighted by molar-refractivity contribution is 6.74. The summed E-state index contributed by atoms with van der Waals surface area (Å²) in [6, 6.07) is 15.8. The molecule has 3 atom stereocenters. The Hall–Kier alpha value is -2.68. The minimum Gasteiger partial charge on any atom is -0.406 e. The lowest BCUT2D eigenvalue weighted by Crippen LogP contribution is -2.42. The van der Waals surface area contributed by atoms with Crippen LogP contribution < -0.4 is 0 Å². The van der Waals surface area contributed by atoms with Gasteiger partial charge in [-0.25, -0.2) is 0 Å². The number of nitro groups is 1.